The quantitative estimate of drug-likeness (QED) is 0.640. The minimum absolute atomic E-state index is 0. The molecule has 3 aromatic rings. The van der Waals surface area contributed by atoms with E-state index >= 15 is 0 Å². The fourth-order valence-electron chi connectivity index (χ4n) is 3.32. The van der Waals surface area contributed by atoms with Gasteiger partial charge in [0.25, 0.3) is 0 Å². The number of fused-ring (bicyclic) bond motifs is 1. The number of hydrogen-bond donors (Lipinski definition) is 3. The summed E-state index contributed by atoms with van der Waals surface area (Å²) in [5.41, 5.74) is 7.94. The lowest BCUT2D eigenvalue weighted by molar-refractivity contribution is 0.299. The molecule has 4 nitrogen and oxygen atoms in total. The molecule has 4 rings (SSSR count). The first kappa shape index (κ1) is 17.5. The van der Waals surface area contributed by atoms with E-state index in [-0.39, 0.29) is 19.0 Å². The number of halogens is 1. The van der Waals surface area contributed by atoms with Crippen molar-refractivity contribution >= 4 is 23.8 Å². The van der Waals surface area contributed by atoms with Gasteiger partial charge in [-0.05, 0) is 67.1 Å². The Morgan fingerprint density at radius 1 is 1.12 bits per heavy atom. The largest absolute Gasteiger partial charge is 0.396 e. The maximum atomic E-state index is 9.03. The summed E-state index contributed by atoms with van der Waals surface area (Å²) >= 11 is 0. The Balaban J connectivity index is 0.00000182. The Morgan fingerprint density at radius 3 is 2.68 bits per heavy atom. The highest BCUT2D eigenvalue weighted by molar-refractivity contribution is 5.85. The molecule has 2 aromatic heterocycles. The molecule has 0 radical (unpaired) electrons. The molecular weight excluding hydrogens is 334 g/mol. The molecule has 1 aromatic carbocycles. The number of aromatic nitrogens is 2. The lowest BCUT2D eigenvalue weighted by Crippen LogP contribution is -2.00. The fourth-order valence-corrected chi connectivity index (χ4v) is 3.32. The highest BCUT2D eigenvalue weighted by atomic mass is 35.5. The van der Waals surface area contributed by atoms with Crippen LogP contribution in [-0.4, -0.2) is 21.7 Å². The Bertz CT molecular complexity index is 829. The minimum Gasteiger partial charge on any atom is -0.396 e. The van der Waals surface area contributed by atoms with Gasteiger partial charge in [-0.1, -0.05) is 12.1 Å². The van der Waals surface area contributed by atoms with Gasteiger partial charge in [0.15, 0.2) is 0 Å². The van der Waals surface area contributed by atoms with Gasteiger partial charge < -0.3 is 15.4 Å². The number of aliphatic hydroxyl groups is 1. The summed E-state index contributed by atoms with van der Waals surface area (Å²) in [7, 11) is 0. The second-order valence-corrected chi connectivity index (χ2v) is 6.21. The van der Waals surface area contributed by atoms with Crippen LogP contribution in [0.3, 0.4) is 0 Å². The van der Waals surface area contributed by atoms with Crippen molar-refractivity contribution in [1.82, 2.24) is 9.97 Å². The molecule has 25 heavy (non-hydrogen) atoms. The van der Waals surface area contributed by atoms with Crippen LogP contribution in [0.2, 0.25) is 0 Å². The van der Waals surface area contributed by atoms with Gasteiger partial charge in [0.1, 0.15) is 0 Å². The van der Waals surface area contributed by atoms with Crippen LogP contribution in [0.1, 0.15) is 23.2 Å². The van der Waals surface area contributed by atoms with E-state index in [0.717, 1.165) is 41.2 Å². The summed E-state index contributed by atoms with van der Waals surface area (Å²) in [6.07, 6.45) is 5.92. The first-order valence-electron chi connectivity index (χ1n) is 8.47. The third kappa shape index (κ3) is 3.70. The van der Waals surface area contributed by atoms with Crippen LogP contribution in [0.15, 0.2) is 48.7 Å². The fraction of sp³-hybridized carbons (Fsp3) is 0.250. The van der Waals surface area contributed by atoms with E-state index in [1.807, 2.05) is 12.3 Å². The molecule has 0 unspecified atom stereocenters. The van der Waals surface area contributed by atoms with E-state index in [0.29, 0.717) is 6.42 Å². The Hall–Kier alpha value is -2.30. The van der Waals surface area contributed by atoms with Gasteiger partial charge in [0.05, 0.1) is 11.4 Å². The molecule has 5 heteroatoms. The summed E-state index contributed by atoms with van der Waals surface area (Å²) in [4.78, 5) is 8.08. The van der Waals surface area contributed by atoms with Crippen molar-refractivity contribution in [3.63, 3.8) is 0 Å². The van der Waals surface area contributed by atoms with Crippen molar-refractivity contribution in [1.29, 1.82) is 0 Å². The Kier molecular flexibility index (Phi) is 5.41. The van der Waals surface area contributed by atoms with Gasteiger partial charge >= 0.3 is 0 Å². The van der Waals surface area contributed by atoms with Crippen LogP contribution in [0.5, 0.6) is 0 Å². The Labute approximate surface area is 153 Å². The van der Waals surface area contributed by atoms with Crippen LogP contribution < -0.4 is 5.32 Å². The lowest BCUT2D eigenvalue weighted by Gasteiger charge is -2.13. The van der Waals surface area contributed by atoms with E-state index in [4.69, 9.17) is 10.1 Å². The van der Waals surface area contributed by atoms with E-state index in [1.54, 1.807) is 0 Å². The number of rotatable bonds is 5. The molecule has 130 valence electrons. The highest BCUT2D eigenvalue weighted by Gasteiger charge is 2.18. The van der Waals surface area contributed by atoms with Crippen molar-refractivity contribution in [2.75, 3.05) is 11.9 Å². The molecule has 0 spiro atoms. The van der Waals surface area contributed by atoms with Gasteiger partial charge in [-0.15, -0.1) is 12.4 Å². The molecule has 0 saturated heterocycles. The number of aromatic amines is 1. The van der Waals surface area contributed by atoms with E-state index in [1.165, 1.54) is 17.7 Å². The Morgan fingerprint density at radius 2 is 1.96 bits per heavy atom. The zero-order valence-corrected chi connectivity index (χ0v) is 14.8. The molecule has 0 aliphatic heterocycles. The maximum Gasteiger partial charge on any atom is 0.0888 e. The molecule has 1 aliphatic rings. The molecule has 0 amide bonds. The summed E-state index contributed by atoms with van der Waals surface area (Å²) in [6, 6.07) is 14.5. The van der Waals surface area contributed by atoms with Crippen LogP contribution in [0, 0.1) is 0 Å². The van der Waals surface area contributed by atoms with Gasteiger partial charge in [0, 0.05) is 29.9 Å². The number of aryl methyl sites for hydroxylation is 1. The molecule has 0 fully saturated rings. The van der Waals surface area contributed by atoms with E-state index < -0.39 is 0 Å². The average molecular weight is 356 g/mol. The standard InChI is InChI=1S/C20H21N3O.ClH/c24-12-10-14-6-8-15(9-7-14)22-19-13-20(18-5-2-11-21-18)23-17-4-1-3-16(17)19;/h2,5-9,11,13,21,24H,1,3-4,10,12H2,(H,22,23);1H. The first-order valence-corrected chi connectivity index (χ1v) is 8.47. The lowest BCUT2D eigenvalue weighted by atomic mass is 10.1. The van der Waals surface area contributed by atoms with Crippen molar-refractivity contribution < 1.29 is 5.11 Å². The van der Waals surface area contributed by atoms with Crippen LogP contribution in [0.4, 0.5) is 11.4 Å². The first-order chi connectivity index (χ1) is 11.8. The number of aliphatic hydroxyl groups excluding tert-OH is 1. The molecule has 0 saturated carbocycles. The number of anilines is 2. The van der Waals surface area contributed by atoms with Gasteiger partial charge in [-0.25, -0.2) is 0 Å². The number of benzene rings is 1. The zero-order valence-electron chi connectivity index (χ0n) is 14.0. The van der Waals surface area contributed by atoms with Crippen LogP contribution >= 0.6 is 12.4 Å². The van der Waals surface area contributed by atoms with Crippen LogP contribution in [0.25, 0.3) is 11.4 Å². The third-order valence-electron chi connectivity index (χ3n) is 4.56. The summed E-state index contributed by atoms with van der Waals surface area (Å²) in [6.45, 7) is 0.185. The number of H-pyrrole nitrogens is 1. The topological polar surface area (TPSA) is 60.9 Å². The molecule has 1 aliphatic carbocycles. The molecule has 2 heterocycles. The van der Waals surface area contributed by atoms with Crippen LogP contribution in [-0.2, 0) is 19.3 Å². The van der Waals surface area contributed by atoms with Crippen molar-refractivity contribution in [3.8, 4) is 11.4 Å². The summed E-state index contributed by atoms with van der Waals surface area (Å²) in [5.74, 6) is 0. The number of nitrogens with zero attached hydrogens (tertiary/aromatic N) is 1. The molecule has 0 atom stereocenters. The summed E-state index contributed by atoms with van der Waals surface area (Å²) < 4.78 is 0. The predicted octanol–water partition coefficient (Wildman–Crippen LogP) is 4.27. The normalized spacial score (nSPS) is 12.5. The van der Waals surface area contributed by atoms with Crippen molar-refractivity contribution in [3.05, 3.63) is 65.5 Å². The van der Waals surface area contributed by atoms with Crippen molar-refractivity contribution in [2.45, 2.75) is 25.7 Å². The molecule has 0 bridgehead atoms. The molecular formula is C20H22ClN3O. The van der Waals surface area contributed by atoms with Gasteiger partial charge in [0.2, 0.25) is 0 Å². The second kappa shape index (κ2) is 7.72. The van der Waals surface area contributed by atoms with E-state index in [9.17, 15) is 0 Å². The molecule has 3 N–H and O–H groups in total. The third-order valence-corrected chi connectivity index (χ3v) is 4.56. The average Bonchev–Trinajstić information content (AvgIpc) is 3.28. The summed E-state index contributed by atoms with van der Waals surface area (Å²) in [5, 5.41) is 12.6. The SMILES string of the molecule is Cl.OCCc1ccc(Nc2cc(-c3ccc[nH]3)nc3c2CCC3)cc1. The monoisotopic (exact) mass is 355 g/mol. The smallest absolute Gasteiger partial charge is 0.0888 e. The minimum atomic E-state index is 0. The van der Waals surface area contributed by atoms with Gasteiger partial charge in [-0.3, -0.25) is 4.98 Å². The number of hydrogen-bond acceptors (Lipinski definition) is 3. The number of nitrogens with one attached hydrogen (secondary N) is 2. The highest BCUT2D eigenvalue weighted by Crippen LogP contribution is 2.33. The van der Waals surface area contributed by atoms with E-state index in [2.05, 4.69) is 46.7 Å². The zero-order chi connectivity index (χ0) is 16.4. The number of pyridine rings is 1. The maximum absolute atomic E-state index is 9.03. The van der Waals surface area contributed by atoms with Gasteiger partial charge in [-0.2, -0.15) is 0 Å². The van der Waals surface area contributed by atoms with Crippen molar-refractivity contribution in [2.24, 2.45) is 0 Å². The predicted molar refractivity (Wildman–Crippen MR) is 104 cm³/mol. The second-order valence-electron chi connectivity index (χ2n) is 6.21.